The van der Waals surface area contributed by atoms with Crippen molar-refractivity contribution in [1.82, 2.24) is 4.31 Å². The lowest BCUT2D eigenvalue weighted by Crippen LogP contribution is -2.65. The first-order valence-electron chi connectivity index (χ1n) is 12.4. The van der Waals surface area contributed by atoms with E-state index in [0.29, 0.717) is 17.9 Å². The monoisotopic (exact) mass is 507 g/mol. The topological polar surface area (TPSA) is 46.6 Å². The molecule has 4 nitrogen and oxygen atoms in total. The average Bonchev–Trinajstić information content (AvgIpc) is 3.27. The summed E-state index contributed by atoms with van der Waals surface area (Å²) in [6, 6.07) is 29.5. The molecule has 2 atom stereocenters. The van der Waals surface area contributed by atoms with Crippen molar-refractivity contribution in [2.75, 3.05) is 6.54 Å². The average molecular weight is 508 g/mol. The molecular weight excluding hydrogens is 470 g/mol. The summed E-state index contributed by atoms with van der Waals surface area (Å²) in [5, 5.41) is 2.70. The van der Waals surface area contributed by atoms with Crippen LogP contribution in [0.3, 0.4) is 0 Å². The Labute approximate surface area is 212 Å². The summed E-state index contributed by atoms with van der Waals surface area (Å²) in [6.45, 7) is 11.3. The van der Waals surface area contributed by atoms with E-state index in [2.05, 4.69) is 81.4 Å². The number of nitrogens with zero attached hydrogens (tertiary/aromatic N) is 1. The lowest BCUT2D eigenvalue weighted by Gasteiger charge is -2.45. The van der Waals surface area contributed by atoms with Gasteiger partial charge in [-0.25, -0.2) is 8.42 Å². The van der Waals surface area contributed by atoms with Crippen LogP contribution in [0, 0.1) is 6.92 Å². The first kappa shape index (κ1) is 25.8. The maximum atomic E-state index is 13.6. The fourth-order valence-corrected chi connectivity index (χ4v) is 12.7. The standard InChI is InChI=1S/C29H37NO3SSi/c1-6-28-30(34(31,32)25-19-17-23(2)18-20-25)21-24(33-28)22-35(29(3,4)5,26-13-9-7-10-14-26)27-15-11-8-12-16-27/h7-20,24,28H,6,21-22H2,1-5H3. The van der Waals surface area contributed by atoms with Crippen molar-refractivity contribution >= 4 is 28.5 Å². The second kappa shape index (κ2) is 10.0. The van der Waals surface area contributed by atoms with Crippen molar-refractivity contribution in [2.24, 2.45) is 0 Å². The van der Waals surface area contributed by atoms with Crippen molar-refractivity contribution in [3.63, 3.8) is 0 Å². The van der Waals surface area contributed by atoms with E-state index in [-0.39, 0.29) is 11.1 Å². The van der Waals surface area contributed by atoms with Crippen LogP contribution in [0.4, 0.5) is 0 Å². The zero-order chi connectivity index (χ0) is 25.3. The predicted molar refractivity (Wildman–Crippen MR) is 146 cm³/mol. The van der Waals surface area contributed by atoms with E-state index in [4.69, 9.17) is 4.74 Å². The Morgan fingerprint density at radius 1 is 0.886 bits per heavy atom. The molecular formula is C29H37NO3SSi. The van der Waals surface area contributed by atoms with Crippen LogP contribution in [0.25, 0.3) is 0 Å². The summed E-state index contributed by atoms with van der Waals surface area (Å²) >= 11 is 0. The molecule has 3 aromatic carbocycles. The SMILES string of the molecule is CCC1OC(C[Si](c2ccccc2)(c2ccccc2)C(C)(C)C)CN1S(=O)(=O)c1ccc(C)cc1. The number of rotatable bonds is 7. The Balaban J connectivity index is 1.75. The van der Waals surface area contributed by atoms with Crippen LogP contribution in [0.1, 0.15) is 39.7 Å². The molecule has 0 spiro atoms. The summed E-state index contributed by atoms with van der Waals surface area (Å²) in [6.07, 6.45) is -0.0153. The summed E-state index contributed by atoms with van der Waals surface area (Å²) in [5.41, 5.74) is 1.04. The number of hydrogen-bond donors (Lipinski definition) is 0. The van der Waals surface area contributed by atoms with E-state index in [0.717, 1.165) is 11.6 Å². The van der Waals surface area contributed by atoms with Gasteiger partial charge >= 0.3 is 0 Å². The zero-order valence-electron chi connectivity index (χ0n) is 21.4. The third kappa shape index (κ3) is 4.90. The molecule has 1 saturated heterocycles. The number of hydrogen-bond acceptors (Lipinski definition) is 3. The van der Waals surface area contributed by atoms with Crippen LogP contribution in [-0.4, -0.2) is 39.7 Å². The van der Waals surface area contributed by atoms with Crippen LogP contribution in [0.2, 0.25) is 11.1 Å². The van der Waals surface area contributed by atoms with E-state index >= 15 is 0 Å². The highest BCUT2D eigenvalue weighted by atomic mass is 32.2. The normalized spacial score (nSPS) is 19.7. The minimum atomic E-state index is -3.65. The van der Waals surface area contributed by atoms with Crippen molar-refractivity contribution in [3.05, 3.63) is 90.5 Å². The van der Waals surface area contributed by atoms with Gasteiger partial charge in [-0.1, -0.05) is 116 Å². The second-order valence-electron chi connectivity index (χ2n) is 10.6. The summed E-state index contributed by atoms with van der Waals surface area (Å²) < 4.78 is 35.4. The number of aryl methyl sites for hydroxylation is 1. The van der Waals surface area contributed by atoms with E-state index < -0.39 is 24.3 Å². The quantitative estimate of drug-likeness (QED) is 0.414. The van der Waals surface area contributed by atoms with Gasteiger partial charge in [0.2, 0.25) is 10.0 Å². The highest BCUT2D eigenvalue weighted by Crippen LogP contribution is 2.41. The molecule has 0 aliphatic carbocycles. The number of benzene rings is 3. The minimum absolute atomic E-state index is 0.00989. The molecule has 1 fully saturated rings. The number of ether oxygens (including phenoxy) is 1. The summed E-state index contributed by atoms with van der Waals surface area (Å²) in [5.74, 6) is 0. The smallest absolute Gasteiger partial charge is 0.245 e. The first-order chi connectivity index (χ1) is 16.6. The fraction of sp³-hybridized carbons (Fsp3) is 0.379. The molecule has 1 heterocycles. The molecule has 0 N–H and O–H groups in total. The summed E-state index contributed by atoms with van der Waals surface area (Å²) in [4.78, 5) is 0.330. The highest BCUT2D eigenvalue weighted by Gasteiger charge is 2.51. The Morgan fingerprint density at radius 3 is 1.86 bits per heavy atom. The molecule has 6 heteroatoms. The largest absolute Gasteiger partial charge is 0.358 e. The van der Waals surface area contributed by atoms with Gasteiger partial charge in [0.25, 0.3) is 0 Å². The third-order valence-corrected chi connectivity index (χ3v) is 15.5. The van der Waals surface area contributed by atoms with E-state index in [1.807, 2.05) is 26.0 Å². The minimum Gasteiger partial charge on any atom is -0.358 e. The molecule has 0 amide bonds. The molecule has 0 bridgehead atoms. The van der Waals surface area contributed by atoms with E-state index in [9.17, 15) is 8.42 Å². The van der Waals surface area contributed by atoms with Crippen molar-refractivity contribution in [2.45, 2.75) is 69.3 Å². The van der Waals surface area contributed by atoms with Gasteiger partial charge in [-0.2, -0.15) is 4.31 Å². The maximum absolute atomic E-state index is 13.6. The van der Waals surface area contributed by atoms with Crippen LogP contribution in [0.5, 0.6) is 0 Å². The van der Waals surface area contributed by atoms with Gasteiger partial charge in [-0.05, 0) is 36.6 Å². The van der Waals surface area contributed by atoms with Crippen LogP contribution >= 0.6 is 0 Å². The zero-order valence-corrected chi connectivity index (χ0v) is 23.3. The number of sulfonamides is 1. The van der Waals surface area contributed by atoms with Crippen molar-refractivity contribution < 1.29 is 13.2 Å². The fourth-order valence-electron chi connectivity index (χ4n) is 5.52. The van der Waals surface area contributed by atoms with Crippen molar-refractivity contribution in [3.8, 4) is 0 Å². The predicted octanol–water partition coefficient (Wildman–Crippen LogP) is 5.18. The Hall–Kier alpha value is -2.25. The highest BCUT2D eigenvalue weighted by molar-refractivity contribution is 7.89. The molecule has 0 saturated carbocycles. The van der Waals surface area contributed by atoms with Crippen molar-refractivity contribution in [1.29, 1.82) is 0 Å². The van der Waals surface area contributed by atoms with Crippen LogP contribution in [0.15, 0.2) is 89.8 Å². The Bertz CT molecular complexity index is 1180. The van der Waals surface area contributed by atoms with Gasteiger partial charge in [0.05, 0.1) is 11.0 Å². The molecule has 3 aromatic rings. The van der Waals surface area contributed by atoms with Gasteiger partial charge in [-0.3, -0.25) is 0 Å². The van der Waals surface area contributed by atoms with Crippen LogP contribution in [-0.2, 0) is 14.8 Å². The van der Waals surface area contributed by atoms with Gasteiger partial charge in [0.15, 0.2) is 0 Å². The lowest BCUT2D eigenvalue weighted by atomic mass is 10.2. The maximum Gasteiger partial charge on any atom is 0.245 e. The molecule has 35 heavy (non-hydrogen) atoms. The molecule has 186 valence electrons. The molecule has 0 radical (unpaired) electrons. The second-order valence-corrected chi connectivity index (χ2v) is 17.4. The molecule has 0 aromatic heterocycles. The molecule has 1 aliphatic heterocycles. The Morgan fingerprint density at radius 2 is 1.40 bits per heavy atom. The first-order valence-corrected chi connectivity index (χ1v) is 16.1. The molecule has 1 aliphatic rings. The van der Waals surface area contributed by atoms with E-state index in [1.54, 1.807) is 16.4 Å². The van der Waals surface area contributed by atoms with Gasteiger partial charge in [-0.15, -0.1) is 0 Å². The molecule has 2 unspecified atom stereocenters. The molecule has 4 rings (SSSR count). The third-order valence-electron chi connectivity index (χ3n) is 7.38. The lowest BCUT2D eigenvalue weighted by molar-refractivity contribution is 0.0272. The van der Waals surface area contributed by atoms with Crippen LogP contribution < -0.4 is 10.4 Å². The Kier molecular flexibility index (Phi) is 7.39. The summed E-state index contributed by atoms with van der Waals surface area (Å²) in [7, 11) is -6.02. The van der Waals surface area contributed by atoms with Gasteiger partial charge in [0, 0.05) is 6.54 Å². The van der Waals surface area contributed by atoms with Gasteiger partial charge in [0.1, 0.15) is 14.3 Å². The van der Waals surface area contributed by atoms with Gasteiger partial charge < -0.3 is 4.74 Å². The van der Waals surface area contributed by atoms with E-state index in [1.165, 1.54) is 10.4 Å².